The second-order valence-electron chi connectivity index (χ2n) is 4.57. The predicted molar refractivity (Wildman–Crippen MR) is 97.5 cm³/mol. The van der Waals surface area contributed by atoms with Gasteiger partial charge in [-0.3, -0.25) is 10.1 Å². The summed E-state index contributed by atoms with van der Waals surface area (Å²) in [6.07, 6.45) is 0. The minimum Gasteiger partial charge on any atom is -0.495 e. The van der Waals surface area contributed by atoms with Crippen LogP contribution in [-0.4, -0.2) is 24.3 Å². The van der Waals surface area contributed by atoms with Gasteiger partial charge in [0.2, 0.25) is 0 Å². The van der Waals surface area contributed by atoms with Gasteiger partial charge in [-0.2, -0.15) is 0 Å². The van der Waals surface area contributed by atoms with E-state index in [2.05, 4.69) is 10.6 Å². The third-order valence-corrected chi connectivity index (χ3v) is 3.49. The summed E-state index contributed by atoms with van der Waals surface area (Å²) in [7, 11) is 2.98. The molecule has 2 N–H and O–H groups in total. The van der Waals surface area contributed by atoms with E-state index < -0.39 is 4.92 Å². The standard InChI is InChI=1S/C15H14ClN3O4S/c1-22-13-5-3-9(16)7-11(13)17-15(24)18-12-8-10(19(20)21)4-6-14(12)23-2/h3-8H,1-2H3,(H2,17,18,24). The zero-order chi connectivity index (χ0) is 17.7. The Morgan fingerprint density at radius 1 is 1.08 bits per heavy atom. The summed E-state index contributed by atoms with van der Waals surface area (Å²) >= 11 is 11.2. The monoisotopic (exact) mass is 367 g/mol. The summed E-state index contributed by atoms with van der Waals surface area (Å²) in [5.41, 5.74) is 0.846. The molecule has 9 heteroatoms. The SMILES string of the molecule is COc1ccc(Cl)cc1NC(=S)Nc1cc([N+](=O)[O-])ccc1OC. The molecule has 0 bridgehead atoms. The van der Waals surface area contributed by atoms with Crippen molar-refractivity contribution in [1.29, 1.82) is 0 Å². The molecule has 7 nitrogen and oxygen atoms in total. The largest absolute Gasteiger partial charge is 0.495 e. The van der Waals surface area contributed by atoms with Crippen LogP contribution >= 0.6 is 23.8 Å². The highest BCUT2D eigenvalue weighted by atomic mass is 35.5. The lowest BCUT2D eigenvalue weighted by Crippen LogP contribution is -2.20. The third-order valence-electron chi connectivity index (χ3n) is 3.05. The van der Waals surface area contributed by atoms with Crippen molar-refractivity contribution >= 4 is 46.0 Å². The average Bonchev–Trinajstić information content (AvgIpc) is 2.54. The molecule has 0 aliphatic rings. The number of nitro benzene ring substituents is 1. The van der Waals surface area contributed by atoms with Gasteiger partial charge in [-0.05, 0) is 36.5 Å². The van der Waals surface area contributed by atoms with Crippen molar-refractivity contribution < 1.29 is 14.4 Å². The van der Waals surface area contributed by atoms with Gasteiger partial charge in [-0.15, -0.1) is 0 Å². The molecular weight excluding hydrogens is 354 g/mol. The Morgan fingerprint density at radius 3 is 2.17 bits per heavy atom. The molecule has 0 aliphatic heterocycles. The highest BCUT2D eigenvalue weighted by molar-refractivity contribution is 7.80. The maximum atomic E-state index is 10.9. The quantitative estimate of drug-likeness (QED) is 0.468. The fraction of sp³-hybridized carbons (Fsp3) is 0.133. The number of ether oxygens (including phenoxy) is 2. The minimum atomic E-state index is -0.499. The number of non-ortho nitro benzene ring substituents is 1. The van der Waals surface area contributed by atoms with Gasteiger partial charge < -0.3 is 20.1 Å². The Labute approximate surface area is 148 Å². The van der Waals surface area contributed by atoms with E-state index in [1.54, 1.807) is 18.2 Å². The normalized spacial score (nSPS) is 9.96. The molecule has 24 heavy (non-hydrogen) atoms. The topological polar surface area (TPSA) is 85.7 Å². The molecule has 0 aliphatic carbocycles. The summed E-state index contributed by atoms with van der Waals surface area (Å²) in [6.45, 7) is 0. The van der Waals surface area contributed by atoms with E-state index in [-0.39, 0.29) is 10.8 Å². The number of anilines is 2. The number of halogens is 1. The van der Waals surface area contributed by atoms with Gasteiger partial charge in [0.15, 0.2) is 5.11 Å². The van der Waals surface area contributed by atoms with Crippen LogP contribution in [-0.2, 0) is 0 Å². The summed E-state index contributed by atoms with van der Waals surface area (Å²) in [4.78, 5) is 10.4. The molecule has 2 rings (SSSR count). The highest BCUT2D eigenvalue weighted by Gasteiger charge is 2.13. The third kappa shape index (κ3) is 4.24. The Morgan fingerprint density at radius 2 is 1.62 bits per heavy atom. The van der Waals surface area contributed by atoms with Crippen LogP contribution in [0.25, 0.3) is 0 Å². The molecule has 0 fully saturated rings. The van der Waals surface area contributed by atoms with E-state index in [0.29, 0.717) is 27.9 Å². The lowest BCUT2D eigenvalue weighted by atomic mass is 10.2. The van der Waals surface area contributed by atoms with Crippen molar-refractivity contribution in [3.63, 3.8) is 0 Å². The number of rotatable bonds is 5. The number of benzene rings is 2. The van der Waals surface area contributed by atoms with Crippen molar-refractivity contribution in [1.82, 2.24) is 0 Å². The Kier molecular flexibility index (Phi) is 5.78. The molecule has 0 unspecified atom stereocenters. The fourth-order valence-electron chi connectivity index (χ4n) is 1.96. The zero-order valence-electron chi connectivity index (χ0n) is 12.8. The van der Waals surface area contributed by atoms with Gasteiger partial charge in [0, 0.05) is 17.2 Å². The maximum Gasteiger partial charge on any atom is 0.271 e. The molecule has 0 heterocycles. The lowest BCUT2D eigenvalue weighted by molar-refractivity contribution is -0.384. The molecule has 126 valence electrons. The first kappa shape index (κ1) is 17.8. The van der Waals surface area contributed by atoms with Crippen LogP contribution in [0.1, 0.15) is 0 Å². The summed E-state index contributed by atoms with van der Waals surface area (Å²) in [5.74, 6) is 0.970. The van der Waals surface area contributed by atoms with Gasteiger partial charge in [0.1, 0.15) is 11.5 Å². The summed E-state index contributed by atoms with van der Waals surface area (Å²) in [6, 6.07) is 9.21. The molecule has 0 atom stereocenters. The fourth-order valence-corrected chi connectivity index (χ4v) is 2.35. The van der Waals surface area contributed by atoms with E-state index >= 15 is 0 Å². The Balaban J connectivity index is 2.22. The van der Waals surface area contributed by atoms with Crippen LogP contribution < -0.4 is 20.1 Å². The van der Waals surface area contributed by atoms with Crippen molar-refractivity contribution in [2.75, 3.05) is 24.9 Å². The van der Waals surface area contributed by atoms with Gasteiger partial charge in [-0.1, -0.05) is 11.6 Å². The smallest absolute Gasteiger partial charge is 0.271 e. The van der Waals surface area contributed by atoms with Crippen molar-refractivity contribution in [3.05, 3.63) is 51.5 Å². The number of thiocarbonyl (C=S) groups is 1. The highest BCUT2D eigenvalue weighted by Crippen LogP contribution is 2.30. The van der Waals surface area contributed by atoms with E-state index in [1.807, 2.05) is 0 Å². The van der Waals surface area contributed by atoms with Crippen molar-refractivity contribution in [2.24, 2.45) is 0 Å². The van der Waals surface area contributed by atoms with E-state index in [0.717, 1.165) is 0 Å². The molecule has 0 radical (unpaired) electrons. The van der Waals surface area contributed by atoms with Crippen LogP contribution in [0.3, 0.4) is 0 Å². The minimum absolute atomic E-state index is 0.0820. The number of methoxy groups -OCH3 is 2. The number of nitrogens with zero attached hydrogens (tertiary/aromatic N) is 1. The molecule has 0 saturated heterocycles. The first-order valence-corrected chi connectivity index (χ1v) is 7.47. The molecule has 0 saturated carbocycles. The van der Waals surface area contributed by atoms with Crippen LogP contribution in [0.5, 0.6) is 11.5 Å². The van der Waals surface area contributed by atoms with E-state index in [9.17, 15) is 10.1 Å². The molecule has 2 aromatic carbocycles. The molecule has 0 spiro atoms. The molecule has 0 aromatic heterocycles. The average molecular weight is 368 g/mol. The van der Waals surface area contributed by atoms with Crippen LogP contribution in [0.4, 0.5) is 17.1 Å². The number of hydrogen-bond donors (Lipinski definition) is 2. The zero-order valence-corrected chi connectivity index (χ0v) is 14.4. The second kappa shape index (κ2) is 7.80. The summed E-state index contributed by atoms with van der Waals surface area (Å²) in [5, 5.41) is 17.4. The Bertz CT molecular complexity index is 785. The summed E-state index contributed by atoms with van der Waals surface area (Å²) < 4.78 is 10.4. The van der Waals surface area contributed by atoms with E-state index in [1.165, 1.54) is 32.4 Å². The van der Waals surface area contributed by atoms with E-state index in [4.69, 9.17) is 33.3 Å². The van der Waals surface area contributed by atoms with Crippen molar-refractivity contribution in [2.45, 2.75) is 0 Å². The number of hydrogen-bond acceptors (Lipinski definition) is 5. The lowest BCUT2D eigenvalue weighted by Gasteiger charge is -2.15. The van der Waals surface area contributed by atoms with Crippen LogP contribution in [0.2, 0.25) is 5.02 Å². The van der Waals surface area contributed by atoms with Crippen LogP contribution in [0, 0.1) is 10.1 Å². The first-order valence-electron chi connectivity index (χ1n) is 6.68. The molecular formula is C15H14ClN3O4S. The molecule has 2 aromatic rings. The first-order chi connectivity index (χ1) is 11.4. The van der Waals surface area contributed by atoms with Crippen molar-refractivity contribution in [3.8, 4) is 11.5 Å². The van der Waals surface area contributed by atoms with Gasteiger partial charge >= 0.3 is 0 Å². The van der Waals surface area contributed by atoms with Gasteiger partial charge in [0.05, 0.1) is 30.5 Å². The molecule has 0 amide bonds. The van der Waals surface area contributed by atoms with Crippen LogP contribution in [0.15, 0.2) is 36.4 Å². The number of nitrogens with one attached hydrogen (secondary N) is 2. The van der Waals surface area contributed by atoms with Gasteiger partial charge in [-0.25, -0.2) is 0 Å². The second-order valence-corrected chi connectivity index (χ2v) is 5.41. The predicted octanol–water partition coefficient (Wildman–Crippen LogP) is 4.07. The van der Waals surface area contributed by atoms with Gasteiger partial charge in [0.25, 0.3) is 5.69 Å². The Hall–Kier alpha value is -2.58. The number of nitro groups is 1. The maximum absolute atomic E-state index is 10.9.